The lowest BCUT2D eigenvalue weighted by atomic mass is 10.2. The lowest BCUT2D eigenvalue weighted by Crippen LogP contribution is -1.92. The van der Waals surface area contributed by atoms with E-state index in [4.69, 9.17) is 11.6 Å². The van der Waals surface area contributed by atoms with Gasteiger partial charge in [-0.15, -0.1) is 23.5 Å². The smallest absolute Gasteiger partial charge is 0.258 e. The Hall–Kier alpha value is -0.390. The van der Waals surface area contributed by atoms with E-state index in [1.54, 1.807) is 12.1 Å². The fourth-order valence-electron chi connectivity index (χ4n) is 1.37. The van der Waals surface area contributed by atoms with Gasteiger partial charge in [0.05, 0.1) is 9.51 Å². The van der Waals surface area contributed by atoms with E-state index in [0.29, 0.717) is 4.58 Å². The zero-order valence-corrected chi connectivity index (χ0v) is 10.1. The topological polar surface area (TPSA) is 43.1 Å². The van der Waals surface area contributed by atoms with E-state index in [1.165, 1.54) is 0 Å². The van der Waals surface area contributed by atoms with Gasteiger partial charge in [0.15, 0.2) is 0 Å². The molecule has 0 unspecified atom stereocenters. The highest BCUT2D eigenvalue weighted by molar-refractivity contribution is 8.19. The van der Waals surface area contributed by atoms with E-state index in [2.05, 4.69) is 0 Å². The fraction of sp³-hybridized carbons (Fsp3) is 0.333. The van der Waals surface area contributed by atoms with Crippen molar-refractivity contribution in [3.8, 4) is 0 Å². The molecule has 1 aliphatic heterocycles. The first-order valence-corrected chi connectivity index (χ1v) is 6.83. The van der Waals surface area contributed by atoms with Gasteiger partial charge in [-0.05, 0) is 11.6 Å². The highest BCUT2D eigenvalue weighted by atomic mass is 35.5. The third-order valence-electron chi connectivity index (χ3n) is 2.06. The summed E-state index contributed by atoms with van der Waals surface area (Å²) in [7, 11) is 0. The molecule has 15 heavy (non-hydrogen) atoms. The molecule has 6 heteroatoms. The maximum Gasteiger partial charge on any atom is 0.288 e. The monoisotopic (exact) mass is 261 g/mol. The molecule has 0 N–H and O–H groups in total. The number of benzene rings is 1. The van der Waals surface area contributed by atoms with Crippen molar-refractivity contribution in [2.24, 2.45) is 0 Å². The molecule has 1 aliphatic rings. The number of hydrogen-bond donors (Lipinski definition) is 0. The van der Waals surface area contributed by atoms with Crippen molar-refractivity contribution in [2.45, 2.75) is 4.58 Å². The Balaban J connectivity index is 2.33. The number of nitro benzene ring substituents is 1. The van der Waals surface area contributed by atoms with Crippen molar-refractivity contribution in [2.75, 3.05) is 11.5 Å². The van der Waals surface area contributed by atoms with E-state index in [-0.39, 0.29) is 10.7 Å². The second-order valence-electron chi connectivity index (χ2n) is 3.04. The predicted molar refractivity (Wildman–Crippen MR) is 65.8 cm³/mol. The Labute approximate surface area is 101 Å². The third kappa shape index (κ3) is 2.41. The fourth-order valence-corrected chi connectivity index (χ4v) is 4.39. The number of rotatable bonds is 2. The van der Waals surface area contributed by atoms with Crippen molar-refractivity contribution in [3.05, 3.63) is 38.9 Å². The highest BCUT2D eigenvalue weighted by Crippen LogP contribution is 2.46. The molecule has 0 atom stereocenters. The standard InChI is InChI=1S/C9H8ClNO2S2/c10-7-2-1-6(5-8(7)11(12)13)9-14-3-4-15-9/h1-2,5,9H,3-4H2. The molecule has 1 heterocycles. The van der Waals surface area contributed by atoms with Crippen LogP contribution in [0.5, 0.6) is 0 Å². The van der Waals surface area contributed by atoms with E-state index < -0.39 is 4.92 Å². The van der Waals surface area contributed by atoms with Gasteiger partial charge in [0, 0.05) is 17.6 Å². The average molecular weight is 262 g/mol. The van der Waals surface area contributed by atoms with Gasteiger partial charge in [0.25, 0.3) is 5.69 Å². The van der Waals surface area contributed by atoms with Gasteiger partial charge in [-0.25, -0.2) is 0 Å². The second kappa shape index (κ2) is 4.63. The zero-order chi connectivity index (χ0) is 10.8. The van der Waals surface area contributed by atoms with E-state index >= 15 is 0 Å². The Kier molecular flexibility index (Phi) is 3.43. The first kappa shape index (κ1) is 11.1. The van der Waals surface area contributed by atoms with Crippen LogP contribution in [-0.4, -0.2) is 16.4 Å². The van der Waals surface area contributed by atoms with Crippen molar-refractivity contribution in [1.82, 2.24) is 0 Å². The molecule has 1 saturated heterocycles. The van der Waals surface area contributed by atoms with Gasteiger partial charge in [-0.1, -0.05) is 17.7 Å². The van der Waals surface area contributed by atoms with Crippen molar-refractivity contribution in [1.29, 1.82) is 0 Å². The van der Waals surface area contributed by atoms with Gasteiger partial charge in [-0.3, -0.25) is 10.1 Å². The van der Waals surface area contributed by atoms with Crippen LogP contribution in [-0.2, 0) is 0 Å². The molecule has 0 aliphatic carbocycles. The summed E-state index contributed by atoms with van der Waals surface area (Å²) >= 11 is 9.38. The lowest BCUT2D eigenvalue weighted by Gasteiger charge is -2.07. The summed E-state index contributed by atoms with van der Waals surface area (Å²) in [5.74, 6) is 2.21. The summed E-state index contributed by atoms with van der Waals surface area (Å²) in [6.07, 6.45) is 0. The lowest BCUT2D eigenvalue weighted by molar-refractivity contribution is -0.384. The largest absolute Gasteiger partial charge is 0.288 e. The average Bonchev–Trinajstić information content (AvgIpc) is 2.71. The quantitative estimate of drug-likeness (QED) is 0.601. The van der Waals surface area contributed by atoms with Gasteiger partial charge in [0.1, 0.15) is 5.02 Å². The molecule has 0 radical (unpaired) electrons. The summed E-state index contributed by atoms with van der Waals surface area (Å²) in [6.45, 7) is 0. The molecule has 0 amide bonds. The van der Waals surface area contributed by atoms with Crippen LogP contribution in [0.3, 0.4) is 0 Å². The Bertz CT molecular complexity index is 394. The van der Waals surface area contributed by atoms with E-state index in [1.807, 2.05) is 29.6 Å². The molecule has 1 aromatic carbocycles. The molecule has 1 fully saturated rings. The van der Waals surface area contributed by atoms with Crippen LogP contribution in [0.1, 0.15) is 10.1 Å². The zero-order valence-electron chi connectivity index (χ0n) is 7.68. The minimum Gasteiger partial charge on any atom is -0.258 e. The summed E-state index contributed by atoms with van der Waals surface area (Å²) in [5, 5.41) is 10.9. The summed E-state index contributed by atoms with van der Waals surface area (Å²) in [4.78, 5) is 10.3. The highest BCUT2D eigenvalue weighted by Gasteiger charge is 2.21. The van der Waals surface area contributed by atoms with Gasteiger partial charge in [0.2, 0.25) is 0 Å². The van der Waals surface area contributed by atoms with Crippen LogP contribution in [0, 0.1) is 10.1 Å². The molecule has 80 valence electrons. The number of nitrogens with zero attached hydrogens (tertiary/aromatic N) is 1. The minimum absolute atomic E-state index is 0.00210. The molecule has 2 rings (SSSR count). The maximum atomic E-state index is 10.7. The first-order chi connectivity index (χ1) is 7.18. The molecular formula is C9H8ClNO2S2. The number of thioether (sulfide) groups is 2. The molecule has 1 aromatic rings. The predicted octanol–water partition coefficient (Wildman–Crippen LogP) is 3.73. The van der Waals surface area contributed by atoms with Gasteiger partial charge >= 0.3 is 0 Å². The molecule has 3 nitrogen and oxygen atoms in total. The molecule has 0 spiro atoms. The van der Waals surface area contributed by atoms with Crippen molar-refractivity contribution < 1.29 is 4.92 Å². The number of nitro groups is 1. The van der Waals surface area contributed by atoms with Crippen molar-refractivity contribution in [3.63, 3.8) is 0 Å². The Morgan fingerprint density at radius 3 is 2.67 bits per heavy atom. The summed E-state index contributed by atoms with van der Waals surface area (Å²) < 4.78 is 0.320. The van der Waals surface area contributed by atoms with E-state index in [9.17, 15) is 10.1 Å². The molecule has 0 aromatic heterocycles. The molecular weight excluding hydrogens is 254 g/mol. The van der Waals surface area contributed by atoms with Crippen LogP contribution in [0.4, 0.5) is 5.69 Å². The van der Waals surface area contributed by atoms with E-state index in [0.717, 1.165) is 17.1 Å². The SMILES string of the molecule is O=[N+]([O-])c1cc(C2SCCS2)ccc1Cl. The first-order valence-electron chi connectivity index (χ1n) is 4.35. The normalized spacial score (nSPS) is 16.9. The Morgan fingerprint density at radius 1 is 1.40 bits per heavy atom. The minimum atomic E-state index is -0.434. The van der Waals surface area contributed by atoms with Crippen molar-refractivity contribution >= 4 is 40.8 Å². The Morgan fingerprint density at radius 2 is 2.07 bits per heavy atom. The number of hydrogen-bond acceptors (Lipinski definition) is 4. The molecule has 0 saturated carbocycles. The third-order valence-corrected chi connectivity index (χ3v) is 5.48. The van der Waals surface area contributed by atoms with Crippen LogP contribution < -0.4 is 0 Å². The van der Waals surface area contributed by atoms with Crippen LogP contribution in [0.2, 0.25) is 5.02 Å². The van der Waals surface area contributed by atoms with Gasteiger partial charge in [-0.2, -0.15) is 0 Å². The van der Waals surface area contributed by atoms with Crippen LogP contribution in [0.15, 0.2) is 18.2 Å². The maximum absolute atomic E-state index is 10.7. The molecule has 0 bridgehead atoms. The number of halogens is 1. The second-order valence-corrected chi connectivity index (χ2v) is 6.17. The summed E-state index contributed by atoms with van der Waals surface area (Å²) in [5.41, 5.74) is 0.987. The van der Waals surface area contributed by atoms with Crippen LogP contribution in [0.25, 0.3) is 0 Å². The summed E-state index contributed by atoms with van der Waals surface area (Å²) in [6, 6.07) is 5.05. The van der Waals surface area contributed by atoms with Crippen LogP contribution >= 0.6 is 35.1 Å². The van der Waals surface area contributed by atoms with Gasteiger partial charge < -0.3 is 0 Å².